The molecule has 1 aliphatic heterocycles. The third kappa shape index (κ3) is 2.31. The maximum Gasteiger partial charge on any atom is 0.457 e. The molecule has 0 saturated carbocycles. The summed E-state index contributed by atoms with van der Waals surface area (Å²) in [6.07, 6.45) is -16.6. The SMILES string of the molecule is FC(F)(F)C(F)(F)[C@](F)(C[C@@H]1CO1)C(F)(F)F. The summed E-state index contributed by atoms with van der Waals surface area (Å²) in [6.45, 7) is -0.477. The van der Waals surface area contributed by atoms with Gasteiger partial charge in [0.05, 0.1) is 12.7 Å². The highest BCUT2D eigenvalue weighted by atomic mass is 19.4. The maximum absolute atomic E-state index is 13.2. The van der Waals surface area contributed by atoms with Crippen molar-refractivity contribution in [2.75, 3.05) is 6.61 Å². The van der Waals surface area contributed by atoms with Gasteiger partial charge in [-0.05, 0) is 0 Å². The summed E-state index contributed by atoms with van der Waals surface area (Å²) >= 11 is 0. The molecular weight excluding hydrogens is 271 g/mol. The molecule has 1 heterocycles. The molecule has 0 aromatic heterocycles. The molecule has 1 rings (SSSR count). The predicted octanol–water partition coefficient (Wildman–Crippen LogP) is 3.24. The fourth-order valence-corrected chi connectivity index (χ4v) is 1.15. The predicted molar refractivity (Wildman–Crippen MR) is 35.3 cm³/mol. The van der Waals surface area contributed by atoms with Crippen molar-refractivity contribution in [3.8, 4) is 0 Å². The topological polar surface area (TPSA) is 12.5 Å². The minimum atomic E-state index is -6.63. The number of hydrogen-bond donors (Lipinski definition) is 0. The van der Waals surface area contributed by atoms with E-state index in [1.165, 1.54) is 0 Å². The minimum absolute atomic E-state index is 0.477. The van der Waals surface area contributed by atoms with Gasteiger partial charge in [-0.1, -0.05) is 0 Å². The molecule has 0 unspecified atom stereocenters. The Bertz CT molecular complexity index is 289. The molecule has 1 saturated heterocycles. The highest BCUT2D eigenvalue weighted by Crippen LogP contribution is 2.55. The van der Waals surface area contributed by atoms with Gasteiger partial charge < -0.3 is 4.74 Å². The molecule has 0 amide bonds. The van der Waals surface area contributed by atoms with Crippen LogP contribution in [0.4, 0.5) is 39.5 Å². The third-order valence-electron chi connectivity index (χ3n) is 2.21. The van der Waals surface area contributed by atoms with Gasteiger partial charge in [0.25, 0.3) is 5.67 Å². The van der Waals surface area contributed by atoms with Gasteiger partial charge in [-0.25, -0.2) is 4.39 Å². The van der Waals surface area contributed by atoms with Crippen LogP contribution in [0.5, 0.6) is 0 Å². The highest BCUT2D eigenvalue weighted by Gasteiger charge is 2.81. The Morgan fingerprint density at radius 2 is 1.24 bits per heavy atom. The Kier molecular flexibility index (Phi) is 3.10. The van der Waals surface area contributed by atoms with Crippen LogP contribution in [0, 0.1) is 0 Å². The smallest absolute Gasteiger partial charge is 0.373 e. The summed E-state index contributed by atoms with van der Waals surface area (Å²) in [5.74, 6) is -6.52. The Morgan fingerprint density at radius 3 is 1.47 bits per heavy atom. The molecule has 2 atom stereocenters. The Morgan fingerprint density at radius 1 is 0.824 bits per heavy atom. The van der Waals surface area contributed by atoms with Crippen LogP contribution in [-0.2, 0) is 4.74 Å². The lowest BCUT2D eigenvalue weighted by Gasteiger charge is -2.35. The van der Waals surface area contributed by atoms with Crippen molar-refractivity contribution >= 4 is 0 Å². The number of epoxide rings is 1. The van der Waals surface area contributed by atoms with E-state index in [4.69, 9.17) is 0 Å². The van der Waals surface area contributed by atoms with Crippen molar-refractivity contribution in [3.05, 3.63) is 0 Å². The van der Waals surface area contributed by atoms with Gasteiger partial charge in [0.1, 0.15) is 0 Å². The summed E-state index contributed by atoms with van der Waals surface area (Å²) in [5.41, 5.74) is -5.68. The van der Waals surface area contributed by atoms with Crippen LogP contribution in [0.25, 0.3) is 0 Å². The van der Waals surface area contributed by atoms with Gasteiger partial charge in [-0.2, -0.15) is 35.1 Å². The third-order valence-corrected chi connectivity index (χ3v) is 2.21. The Hall–Kier alpha value is -0.670. The molecule has 102 valence electrons. The molecule has 10 heteroatoms. The first-order chi connectivity index (χ1) is 7.33. The highest BCUT2D eigenvalue weighted by molar-refractivity contribution is 5.06. The van der Waals surface area contributed by atoms with Gasteiger partial charge in [-0.3, -0.25) is 0 Å². The molecule has 1 fully saturated rings. The van der Waals surface area contributed by atoms with Crippen LogP contribution in [-0.4, -0.2) is 36.7 Å². The molecule has 1 aliphatic rings. The molecule has 0 N–H and O–H groups in total. The van der Waals surface area contributed by atoms with E-state index < -0.39 is 43.1 Å². The summed E-state index contributed by atoms with van der Waals surface area (Å²) in [6, 6.07) is 0. The van der Waals surface area contributed by atoms with Crippen LogP contribution in [0.1, 0.15) is 6.42 Å². The van der Waals surface area contributed by atoms with Crippen molar-refractivity contribution in [3.63, 3.8) is 0 Å². The van der Waals surface area contributed by atoms with Crippen molar-refractivity contribution < 1.29 is 44.3 Å². The van der Waals surface area contributed by atoms with Crippen molar-refractivity contribution in [2.24, 2.45) is 0 Å². The van der Waals surface area contributed by atoms with Gasteiger partial charge in [0, 0.05) is 6.42 Å². The monoisotopic (exact) mass is 276 g/mol. The average molecular weight is 276 g/mol. The normalized spacial score (nSPS) is 25.6. The second-order valence-corrected chi connectivity index (χ2v) is 3.53. The molecule has 17 heavy (non-hydrogen) atoms. The number of hydrogen-bond acceptors (Lipinski definition) is 1. The van der Waals surface area contributed by atoms with Gasteiger partial charge >= 0.3 is 18.3 Å². The van der Waals surface area contributed by atoms with E-state index in [0.717, 1.165) is 0 Å². The lowest BCUT2D eigenvalue weighted by atomic mass is 9.91. The van der Waals surface area contributed by atoms with E-state index >= 15 is 0 Å². The van der Waals surface area contributed by atoms with Crippen LogP contribution in [0.3, 0.4) is 0 Å². The zero-order valence-electron chi connectivity index (χ0n) is 7.80. The van der Waals surface area contributed by atoms with Crippen molar-refractivity contribution in [2.45, 2.75) is 36.5 Å². The molecular formula is C7H5F9O. The molecule has 0 bridgehead atoms. The van der Waals surface area contributed by atoms with E-state index in [9.17, 15) is 39.5 Å². The molecule has 0 aromatic carbocycles. The second-order valence-electron chi connectivity index (χ2n) is 3.53. The zero-order chi connectivity index (χ0) is 13.7. The number of ether oxygens (including phenoxy) is 1. The lowest BCUT2D eigenvalue weighted by Crippen LogP contribution is -2.62. The van der Waals surface area contributed by atoms with Crippen LogP contribution >= 0.6 is 0 Å². The number of rotatable bonds is 3. The zero-order valence-corrected chi connectivity index (χ0v) is 7.80. The first-order valence-electron chi connectivity index (χ1n) is 4.15. The van der Waals surface area contributed by atoms with Crippen LogP contribution in [0.2, 0.25) is 0 Å². The van der Waals surface area contributed by atoms with E-state index in [1.54, 1.807) is 0 Å². The summed E-state index contributed by atoms with van der Waals surface area (Å²) in [4.78, 5) is 0. The largest absolute Gasteiger partial charge is 0.457 e. The first-order valence-corrected chi connectivity index (χ1v) is 4.15. The van der Waals surface area contributed by atoms with Gasteiger partial charge in [-0.15, -0.1) is 0 Å². The van der Waals surface area contributed by atoms with E-state index in [2.05, 4.69) is 4.74 Å². The van der Waals surface area contributed by atoms with E-state index in [1.807, 2.05) is 0 Å². The van der Waals surface area contributed by atoms with Gasteiger partial charge in [0.2, 0.25) is 0 Å². The summed E-state index contributed by atoms with van der Waals surface area (Å²) in [5, 5.41) is 0. The average Bonchev–Trinajstić information content (AvgIpc) is 2.83. The van der Waals surface area contributed by atoms with Crippen molar-refractivity contribution in [1.82, 2.24) is 0 Å². The van der Waals surface area contributed by atoms with Gasteiger partial charge in [0.15, 0.2) is 0 Å². The van der Waals surface area contributed by atoms with E-state index in [0.29, 0.717) is 0 Å². The quantitative estimate of drug-likeness (QED) is 0.569. The first kappa shape index (κ1) is 14.4. The molecule has 0 radical (unpaired) electrons. The fraction of sp³-hybridized carbons (Fsp3) is 1.00. The Labute approximate surface area is 88.5 Å². The Balaban J connectivity index is 3.13. The molecule has 1 nitrogen and oxygen atoms in total. The minimum Gasteiger partial charge on any atom is -0.373 e. The van der Waals surface area contributed by atoms with Crippen molar-refractivity contribution in [1.29, 1.82) is 0 Å². The standard InChI is InChI=1S/C7H5F9O/c8-4(6(11,12)13,1-3-2-17-3)5(9,10)7(14,15)16/h3H,1-2H2/t3-,4-/m1/s1. The second kappa shape index (κ2) is 3.66. The molecule has 0 aliphatic carbocycles. The lowest BCUT2D eigenvalue weighted by molar-refractivity contribution is -0.385. The van der Waals surface area contributed by atoms with Crippen LogP contribution < -0.4 is 0 Å². The van der Waals surface area contributed by atoms with Crippen LogP contribution in [0.15, 0.2) is 0 Å². The number of halogens is 9. The maximum atomic E-state index is 13.2. The van der Waals surface area contributed by atoms with E-state index in [-0.39, 0.29) is 0 Å². The fourth-order valence-electron chi connectivity index (χ4n) is 1.15. The summed E-state index contributed by atoms with van der Waals surface area (Å²) in [7, 11) is 0. The number of alkyl halides is 9. The molecule has 0 spiro atoms. The molecule has 0 aromatic rings. The summed E-state index contributed by atoms with van der Waals surface area (Å²) < 4.78 is 114.